The molecule has 3 atom stereocenters. The number of fused-ring (bicyclic) bond motifs is 1. The zero-order chi connectivity index (χ0) is 14.7. The minimum atomic E-state index is -0.455. The van der Waals surface area contributed by atoms with E-state index in [0.717, 1.165) is 12.5 Å². The molecule has 1 aromatic carbocycles. The second-order valence-corrected chi connectivity index (χ2v) is 6.40. The van der Waals surface area contributed by atoms with Crippen LogP contribution in [0.15, 0.2) is 24.3 Å². The number of nitrogens with zero attached hydrogens (tertiary/aromatic N) is 1. The van der Waals surface area contributed by atoms with Gasteiger partial charge in [-0.25, -0.2) is 0 Å². The molecule has 3 N–H and O–H groups in total. The van der Waals surface area contributed by atoms with Gasteiger partial charge < -0.3 is 15.6 Å². The van der Waals surface area contributed by atoms with Crippen LogP contribution in [0, 0.1) is 5.92 Å². The zero-order valence-electron chi connectivity index (χ0n) is 12.6. The van der Waals surface area contributed by atoms with Gasteiger partial charge in [0.05, 0.1) is 5.69 Å². The molecular formula is C17H26N2O2. The highest BCUT2D eigenvalue weighted by Crippen LogP contribution is 2.36. The lowest BCUT2D eigenvalue weighted by Crippen LogP contribution is -2.47. The van der Waals surface area contributed by atoms with E-state index in [2.05, 4.69) is 4.90 Å². The predicted octanol–water partition coefficient (Wildman–Crippen LogP) is 2.27. The molecule has 1 aliphatic carbocycles. The Balaban J connectivity index is 1.50. The van der Waals surface area contributed by atoms with E-state index in [1.807, 2.05) is 24.3 Å². The summed E-state index contributed by atoms with van der Waals surface area (Å²) in [5, 5.41) is 10.3. The van der Waals surface area contributed by atoms with E-state index in [4.69, 9.17) is 10.5 Å². The summed E-state index contributed by atoms with van der Waals surface area (Å²) in [5.74, 6) is 1.52. The number of likely N-dealkylation sites (tertiary alicyclic amines) is 1. The summed E-state index contributed by atoms with van der Waals surface area (Å²) < 4.78 is 5.65. The third-order valence-corrected chi connectivity index (χ3v) is 4.90. The summed E-state index contributed by atoms with van der Waals surface area (Å²) in [5.41, 5.74) is 6.47. The van der Waals surface area contributed by atoms with Crippen LogP contribution in [-0.2, 0) is 0 Å². The third kappa shape index (κ3) is 3.50. The van der Waals surface area contributed by atoms with Crippen LogP contribution in [0.5, 0.6) is 5.75 Å². The maximum Gasteiger partial charge on any atom is 0.142 e. The van der Waals surface area contributed by atoms with Crippen LogP contribution in [0.2, 0.25) is 0 Å². The first-order valence-electron chi connectivity index (χ1n) is 8.13. The average molecular weight is 290 g/mol. The fourth-order valence-electron chi connectivity index (χ4n) is 3.91. The summed E-state index contributed by atoms with van der Waals surface area (Å²) >= 11 is 0. The number of aliphatic hydroxyl groups excluding tert-OH is 1. The SMILES string of the molecule is Nc1ccccc1OCC(O)CN1CCCC2CCCC21. The number of nitrogen functional groups attached to an aromatic ring is 1. The molecule has 1 saturated carbocycles. The topological polar surface area (TPSA) is 58.7 Å². The second kappa shape index (κ2) is 6.67. The molecule has 4 heteroatoms. The van der Waals surface area contributed by atoms with Crippen molar-refractivity contribution >= 4 is 5.69 Å². The highest BCUT2D eigenvalue weighted by molar-refractivity contribution is 5.51. The van der Waals surface area contributed by atoms with Gasteiger partial charge in [-0.1, -0.05) is 18.6 Å². The van der Waals surface area contributed by atoms with Gasteiger partial charge in [-0.2, -0.15) is 0 Å². The Morgan fingerprint density at radius 3 is 2.90 bits per heavy atom. The van der Waals surface area contributed by atoms with E-state index in [1.165, 1.54) is 32.1 Å². The average Bonchev–Trinajstić information content (AvgIpc) is 2.96. The largest absolute Gasteiger partial charge is 0.489 e. The van der Waals surface area contributed by atoms with Crippen molar-refractivity contribution in [2.24, 2.45) is 5.92 Å². The van der Waals surface area contributed by atoms with E-state index < -0.39 is 6.10 Å². The molecule has 3 rings (SSSR count). The van der Waals surface area contributed by atoms with Gasteiger partial charge in [0.15, 0.2) is 0 Å². The maximum absolute atomic E-state index is 10.3. The van der Waals surface area contributed by atoms with E-state index in [9.17, 15) is 5.11 Å². The third-order valence-electron chi connectivity index (χ3n) is 4.90. The number of aliphatic hydroxyl groups is 1. The van der Waals surface area contributed by atoms with Gasteiger partial charge >= 0.3 is 0 Å². The van der Waals surface area contributed by atoms with E-state index in [1.54, 1.807) is 0 Å². The Labute approximate surface area is 126 Å². The Morgan fingerprint density at radius 1 is 1.24 bits per heavy atom. The summed E-state index contributed by atoms with van der Waals surface area (Å²) in [7, 11) is 0. The molecule has 3 unspecified atom stereocenters. The fourth-order valence-corrected chi connectivity index (χ4v) is 3.91. The van der Waals surface area contributed by atoms with Crippen molar-refractivity contribution in [1.29, 1.82) is 0 Å². The van der Waals surface area contributed by atoms with Crippen LogP contribution in [-0.4, -0.2) is 41.8 Å². The molecule has 0 spiro atoms. The first kappa shape index (κ1) is 14.7. The molecule has 0 aromatic heterocycles. The Kier molecular flexibility index (Phi) is 4.66. The molecule has 0 amide bonds. The molecule has 2 aliphatic rings. The normalized spacial score (nSPS) is 27.3. The molecule has 0 radical (unpaired) electrons. The van der Waals surface area contributed by atoms with Gasteiger partial charge in [0, 0.05) is 12.6 Å². The van der Waals surface area contributed by atoms with E-state index in [-0.39, 0.29) is 0 Å². The van der Waals surface area contributed by atoms with E-state index >= 15 is 0 Å². The number of β-amino-alcohol motifs (C(OH)–C–C–N with tert-alkyl or cyclic N) is 1. The van der Waals surface area contributed by atoms with Crippen molar-refractivity contribution in [3.8, 4) is 5.75 Å². The minimum absolute atomic E-state index is 0.308. The van der Waals surface area contributed by atoms with Crippen LogP contribution in [0.4, 0.5) is 5.69 Å². The zero-order valence-corrected chi connectivity index (χ0v) is 12.6. The monoisotopic (exact) mass is 290 g/mol. The van der Waals surface area contributed by atoms with Gasteiger partial charge in [0.25, 0.3) is 0 Å². The molecule has 0 bridgehead atoms. The van der Waals surface area contributed by atoms with Crippen molar-refractivity contribution in [2.45, 2.75) is 44.2 Å². The van der Waals surface area contributed by atoms with Gasteiger partial charge in [-0.15, -0.1) is 0 Å². The molecule has 1 aromatic rings. The molecule has 1 heterocycles. The number of hydrogen-bond donors (Lipinski definition) is 2. The van der Waals surface area contributed by atoms with Crippen molar-refractivity contribution < 1.29 is 9.84 Å². The van der Waals surface area contributed by atoms with Gasteiger partial charge in [-0.05, 0) is 50.3 Å². The van der Waals surface area contributed by atoms with Gasteiger partial charge in [0.1, 0.15) is 18.5 Å². The predicted molar refractivity (Wildman–Crippen MR) is 84.3 cm³/mol. The maximum atomic E-state index is 10.3. The molecule has 1 aliphatic heterocycles. The minimum Gasteiger partial charge on any atom is -0.489 e. The number of nitrogens with two attached hydrogens (primary N) is 1. The second-order valence-electron chi connectivity index (χ2n) is 6.40. The molecular weight excluding hydrogens is 264 g/mol. The van der Waals surface area contributed by atoms with E-state index in [0.29, 0.717) is 30.6 Å². The summed E-state index contributed by atoms with van der Waals surface area (Å²) in [6.07, 6.45) is 6.19. The first-order valence-corrected chi connectivity index (χ1v) is 8.13. The number of piperidine rings is 1. The van der Waals surface area contributed by atoms with Crippen molar-refractivity contribution in [1.82, 2.24) is 4.90 Å². The van der Waals surface area contributed by atoms with Crippen LogP contribution in [0.25, 0.3) is 0 Å². The first-order chi connectivity index (χ1) is 10.2. The Hall–Kier alpha value is -1.26. The molecule has 1 saturated heterocycles. The fraction of sp³-hybridized carbons (Fsp3) is 0.647. The highest BCUT2D eigenvalue weighted by atomic mass is 16.5. The number of rotatable bonds is 5. The smallest absolute Gasteiger partial charge is 0.142 e. The number of anilines is 1. The van der Waals surface area contributed by atoms with Crippen LogP contribution < -0.4 is 10.5 Å². The van der Waals surface area contributed by atoms with Crippen molar-refractivity contribution in [3.63, 3.8) is 0 Å². The lowest BCUT2D eigenvalue weighted by molar-refractivity contribution is 0.0288. The molecule has 4 nitrogen and oxygen atoms in total. The number of hydrogen-bond acceptors (Lipinski definition) is 4. The van der Waals surface area contributed by atoms with Crippen LogP contribution in [0.1, 0.15) is 32.1 Å². The van der Waals surface area contributed by atoms with Gasteiger partial charge in [-0.3, -0.25) is 4.90 Å². The van der Waals surface area contributed by atoms with Crippen LogP contribution >= 0.6 is 0 Å². The quantitative estimate of drug-likeness (QED) is 0.817. The number of benzene rings is 1. The summed E-state index contributed by atoms with van der Waals surface area (Å²) in [6, 6.07) is 8.12. The Morgan fingerprint density at radius 2 is 2.05 bits per heavy atom. The standard InChI is InChI=1S/C17H26N2O2/c18-15-7-1-2-9-17(15)21-12-14(20)11-19-10-4-6-13-5-3-8-16(13)19/h1-2,7,9,13-14,16,20H,3-6,8,10-12,18H2. The number of ether oxygens (including phenoxy) is 1. The Bertz CT molecular complexity index is 466. The van der Waals surface area contributed by atoms with Crippen LogP contribution in [0.3, 0.4) is 0 Å². The summed E-state index contributed by atoms with van der Waals surface area (Å²) in [4.78, 5) is 2.48. The van der Waals surface area contributed by atoms with Crippen molar-refractivity contribution in [2.75, 3.05) is 25.4 Å². The lowest BCUT2D eigenvalue weighted by atomic mass is 9.92. The van der Waals surface area contributed by atoms with Gasteiger partial charge in [0.2, 0.25) is 0 Å². The highest BCUT2D eigenvalue weighted by Gasteiger charge is 2.35. The number of para-hydroxylation sites is 2. The lowest BCUT2D eigenvalue weighted by Gasteiger charge is -2.38. The molecule has 21 heavy (non-hydrogen) atoms. The van der Waals surface area contributed by atoms with Crippen molar-refractivity contribution in [3.05, 3.63) is 24.3 Å². The molecule has 2 fully saturated rings. The molecule has 116 valence electrons. The summed E-state index contributed by atoms with van der Waals surface area (Å²) in [6.45, 7) is 2.14.